The molecule has 2 aliphatic rings. The van der Waals surface area contributed by atoms with Crippen molar-refractivity contribution in [1.29, 1.82) is 0 Å². The topological polar surface area (TPSA) is 47.6 Å². The van der Waals surface area contributed by atoms with Gasteiger partial charge in [-0.05, 0) is 87.6 Å². The molecule has 1 saturated carbocycles. The Morgan fingerprint density at radius 1 is 1.10 bits per heavy atom. The van der Waals surface area contributed by atoms with Crippen LogP contribution in [0.4, 0.5) is 0 Å². The summed E-state index contributed by atoms with van der Waals surface area (Å²) in [6.07, 6.45) is 12.3. The van der Waals surface area contributed by atoms with E-state index in [9.17, 15) is 4.79 Å². The minimum absolute atomic E-state index is 0.0914. The molecule has 0 saturated heterocycles. The van der Waals surface area contributed by atoms with Gasteiger partial charge in [-0.15, -0.1) is 0 Å². The van der Waals surface area contributed by atoms with Gasteiger partial charge in [-0.2, -0.15) is 0 Å². The van der Waals surface area contributed by atoms with Crippen LogP contribution in [0.5, 0.6) is 5.75 Å². The molecule has 1 N–H and O–H groups in total. The van der Waals surface area contributed by atoms with Gasteiger partial charge < -0.3 is 14.8 Å². The zero-order chi connectivity index (χ0) is 20.5. The average molecular weight is 400 g/mol. The molecule has 0 aromatic heterocycles. The minimum atomic E-state index is -0.0914. The maximum Gasteiger partial charge on any atom is 0.305 e. The van der Waals surface area contributed by atoms with Crippen molar-refractivity contribution in [2.75, 3.05) is 13.2 Å². The molecule has 160 valence electrons. The molecule has 0 radical (unpaired) electrons. The molecule has 4 heteroatoms. The number of benzene rings is 1. The van der Waals surface area contributed by atoms with E-state index < -0.39 is 0 Å². The highest BCUT2D eigenvalue weighted by Crippen LogP contribution is 2.30. The maximum atomic E-state index is 11.5. The number of carbonyl (C=O) groups is 1. The van der Waals surface area contributed by atoms with E-state index in [-0.39, 0.29) is 5.97 Å². The van der Waals surface area contributed by atoms with E-state index in [1.165, 1.54) is 43.2 Å². The van der Waals surface area contributed by atoms with Gasteiger partial charge in [-0.25, -0.2) is 0 Å². The summed E-state index contributed by atoms with van der Waals surface area (Å²) in [5, 5.41) is 3.55. The number of carbonyl (C=O) groups excluding carboxylic acids is 1. The summed E-state index contributed by atoms with van der Waals surface area (Å²) in [6.45, 7) is 5.59. The van der Waals surface area contributed by atoms with Gasteiger partial charge in [0.1, 0.15) is 5.75 Å². The Morgan fingerprint density at radius 3 is 2.55 bits per heavy atom. The molecule has 29 heavy (non-hydrogen) atoms. The van der Waals surface area contributed by atoms with Gasteiger partial charge in [-0.3, -0.25) is 4.79 Å². The predicted octanol–water partition coefficient (Wildman–Crippen LogP) is 5.51. The van der Waals surface area contributed by atoms with Crippen LogP contribution >= 0.6 is 0 Å². The summed E-state index contributed by atoms with van der Waals surface area (Å²) in [7, 11) is 0. The Morgan fingerprint density at radius 2 is 1.86 bits per heavy atom. The van der Waals surface area contributed by atoms with Crippen molar-refractivity contribution in [1.82, 2.24) is 5.32 Å². The van der Waals surface area contributed by atoms with E-state index in [4.69, 9.17) is 9.47 Å². The lowest BCUT2D eigenvalue weighted by Gasteiger charge is -2.28. The molecule has 1 fully saturated rings. The number of nitrogens with one attached hydrogen (secondary N) is 1. The third kappa shape index (κ3) is 6.88. The van der Waals surface area contributed by atoms with Gasteiger partial charge in [0.25, 0.3) is 0 Å². The van der Waals surface area contributed by atoms with E-state index in [0.29, 0.717) is 25.2 Å². The number of ether oxygens (including phenoxy) is 2. The lowest BCUT2D eigenvalue weighted by molar-refractivity contribution is -0.143. The fourth-order valence-corrected chi connectivity index (χ4v) is 4.50. The Hall–Kier alpha value is -1.81. The summed E-state index contributed by atoms with van der Waals surface area (Å²) in [4.78, 5) is 11.5. The second-order valence-corrected chi connectivity index (χ2v) is 8.39. The smallest absolute Gasteiger partial charge is 0.305 e. The first-order chi connectivity index (χ1) is 14.2. The van der Waals surface area contributed by atoms with Crippen LogP contribution in [0.15, 0.2) is 30.3 Å². The van der Waals surface area contributed by atoms with Gasteiger partial charge in [0.15, 0.2) is 0 Å². The van der Waals surface area contributed by atoms with Crippen LogP contribution in [0.2, 0.25) is 0 Å². The Balaban J connectivity index is 1.49. The van der Waals surface area contributed by atoms with E-state index in [0.717, 1.165) is 37.5 Å². The van der Waals surface area contributed by atoms with Gasteiger partial charge in [-0.1, -0.05) is 31.6 Å². The summed E-state index contributed by atoms with van der Waals surface area (Å²) < 4.78 is 11.2. The first-order valence-corrected chi connectivity index (χ1v) is 11.5. The third-order valence-corrected chi connectivity index (χ3v) is 6.30. The second kappa shape index (κ2) is 11.4. The monoisotopic (exact) mass is 399 g/mol. The molecule has 1 unspecified atom stereocenters. The van der Waals surface area contributed by atoms with Crippen molar-refractivity contribution < 1.29 is 14.3 Å². The van der Waals surface area contributed by atoms with Crippen LogP contribution in [0.25, 0.3) is 5.57 Å². The highest BCUT2D eigenvalue weighted by Gasteiger charge is 2.21. The molecule has 0 bridgehead atoms. The van der Waals surface area contributed by atoms with Crippen LogP contribution < -0.4 is 10.1 Å². The molecular weight excluding hydrogens is 362 g/mol. The number of esters is 1. The summed E-state index contributed by atoms with van der Waals surface area (Å²) >= 11 is 0. The molecule has 1 aliphatic carbocycles. The molecule has 3 rings (SSSR count). The Kier molecular flexibility index (Phi) is 8.60. The van der Waals surface area contributed by atoms with Crippen LogP contribution in [-0.2, 0) is 9.53 Å². The van der Waals surface area contributed by atoms with Crippen molar-refractivity contribution in [3.8, 4) is 5.75 Å². The number of hydrogen-bond acceptors (Lipinski definition) is 4. The highest BCUT2D eigenvalue weighted by molar-refractivity contribution is 5.69. The normalized spacial score (nSPS) is 24.6. The van der Waals surface area contributed by atoms with Crippen LogP contribution in [0, 0.1) is 5.92 Å². The zero-order valence-electron chi connectivity index (χ0n) is 18.1. The zero-order valence-corrected chi connectivity index (χ0v) is 18.1. The summed E-state index contributed by atoms with van der Waals surface area (Å²) in [5.41, 5.74) is 2.67. The lowest BCUT2D eigenvalue weighted by atomic mass is 9.86. The molecule has 0 spiro atoms. The van der Waals surface area contributed by atoms with E-state index in [1.807, 2.05) is 6.92 Å². The van der Waals surface area contributed by atoms with Crippen molar-refractivity contribution in [2.45, 2.75) is 83.8 Å². The van der Waals surface area contributed by atoms with Crippen molar-refractivity contribution in [2.24, 2.45) is 5.92 Å². The maximum absolute atomic E-state index is 11.5. The van der Waals surface area contributed by atoms with E-state index in [1.54, 1.807) is 0 Å². The molecule has 1 heterocycles. The van der Waals surface area contributed by atoms with E-state index in [2.05, 4.69) is 42.6 Å². The van der Waals surface area contributed by atoms with Gasteiger partial charge in [0.05, 0.1) is 12.7 Å². The molecule has 1 atom stereocenters. The van der Waals surface area contributed by atoms with Gasteiger partial charge in [0, 0.05) is 12.5 Å². The average Bonchev–Trinajstić information content (AvgIpc) is 2.75. The molecular formula is C25H37NO3. The predicted molar refractivity (Wildman–Crippen MR) is 118 cm³/mol. The molecule has 1 aromatic carbocycles. The van der Waals surface area contributed by atoms with Crippen LogP contribution in [-0.4, -0.2) is 31.3 Å². The van der Waals surface area contributed by atoms with Crippen molar-refractivity contribution in [3.63, 3.8) is 0 Å². The summed E-state index contributed by atoms with van der Waals surface area (Å²) in [5.74, 6) is 1.80. The molecule has 0 amide bonds. The van der Waals surface area contributed by atoms with Gasteiger partial charge in [0.2, 0.25) is 0 Å². The number of rotatable bonds is 9. The number of hydrogen-bond donors (Lipinski definition) is 1. The standard InChI is InChI=1S/C25H37NO3/c1-3-19-8-12-23(13-9-19)29-24-14-10-20(11-15-24)21-16-17-26-22(18-21)6-5-7-25(27)28-4-2/h10-11,14-15,18-19,22-23,26H,3-9,12-13,16-17H2,1-2H3/t19-,22?,23-. The van der Waals surface area contributed by atoms with Crippen LogP contribution in [0.1, 0.15) is 77.2 Å². The fourth-order valence-electron chi connectivity index (χ4n) is 4.50. The second-order valence-electron chi connectivity index (χ2n) is 8.39. The minimum Gasteiger partial charge on any atom is -0.490 e. The molecule has 4 nitrogen and oxygen atoms in total. The largest absolute Gasteiger partial charge is 0.490 e. The van der Waals surface area contributed by atoms with Gasteiger partial charge >= 0.3 is 5.97 Å². The van der Waals surface area contributed by atoms with Crippen LogP contribution in [0.3, 0.4) is 0 Å². The molecule has 1 aromatic rings. The summed E-state index contributed by atoms with van der Waals surface area (Å²) in [6, 6.07) is 8.97. The first-order valence-electron chi connectivity index (χ1n) is 11.5. The Labute approximate surface area is 176 Å². The quantitative estimate of drug-likeness (QED) is 0.556. The van der Waals surface area contributed by atoms with E-state index >= 15 is 0 Å². The lowest BCUT2D eigenvalue weighted by Crippen LogP contribution is -2.32. The van der Waals surface area contributed by atoms with Crippen molar-refractivity contribution in [3.05, 3.63) is 35.9 Å². The third-order valence-electron chi connectivity index (χ3n) is 6.30. The Bertz CT molecular complexity index is 659. The van der Waals surface area contributed by atoms with Crippen molar-refractivity contribution >= 4 is 11.5 Å². The SMILES string of the molecule is CCOC(=O)CCCC1C=C(c2ccc(O[C@H]3CC[C@H](CC)CC3)cc2)CCN1. The highest BCUT2D eigenvalue weighted by atomic mass is 16.5. The molecule has 1 aliphatic heterocycles. The first kappa shape index (κ1) is 21.9. The fraction of sp³-hybridized carbons (Fsp3) is 0.640.